The van der Waals surface area contributed by atoms with Gasteiger partial charge in [-0.3, -0.25) is 9.59 Å². The van der Waals surface area contributed by atoms with Crippen LogP contribution in [0.4, 0.5) is 13.2 Å². The molecular formula is C19H18F3N3O3S. The number of aromatic nitrogens is 2. The number of nitrogens with one attached hydrogen (secondary N) is 1. The van der Waals surface area contributed by atoms with Crippen LogP contribution >= 0.6 is 11.3 Å². The van der Waals surface area contributed by atoms with Gasteiger partial charge in [0.2, 0.25) is 0 Å². The van der Waals surface area contributed by atoms with Gasteiger partial charge in [0, 0.05) is 13.6 Å². The number of fused-ring (bicyclic) bond motifs is 1. The molecule has 29 heavy (non-hydrogen) atoms. The first-order valence-electron chi connectivity index (χ1n) is 8.61. The van der Waals surface area contributed by atoms with E-state index in [1.807, 2.05) is 0 Å². The van der Waals surface area contributed by atoms with Crippen LogP contribution in [0, 0.1) is 6.92 Å². The number of thiophene rings is 1. The first-order valence-corrected chi connectivity index (χ1v) is 9.42. The zero-order valence-corrected chi connectivity index (χ0v) is 16.5. The molecule has 1 amide bonds. The summed E-state index contributed by atoms with van der Waals surface area (Å²) in [5, 5.41) is 3.23. The summed E-state index contributed by atoms with van der Waals surface area (Å²) in [6, 6.07) is 6.72. The number of ether oxygens (including phenoxy) is 1. The van der Waals surface area contributed by atoms with Crippen LogP contribution in [0.15, 0.2) is 35.4 Å². The molecule has 2 aromatic heterocycles. The SMILES string of the molecule is Cc1c(C(=O)NCc2ccc(COCC(F)(F)F)cc2)sc2ncn(C)c(=O)c12. The Labute approximate surface area is 167 Å². The quantitative estimate of drug-likeness (QED) is 0.658. The summed E-state index contributed by atoms with van der Waals surface area (Å²) < 4.78 is 42.2. The molecule has 6 nitrogen and oxygen atoms in total. The minimum absolute atomic E-state index is 0.144. The number of aryl methyl sites for hydroxylation is 2. The van der Waals surface area contributed by atoms with Gasteiger partial charge in [-0.15, -0.1) is 11.3 Å². The Hall–Kier alpha value is -2.72. The number of halogens is 3. The molecule has 0 aliphatic heterocycles. The average molecular weight is 425 g/mol. The van der Waals surface area contributed by atoms with Crippen molar-refractivity contribution < 1.29 is 22.7 Å². The van der Waals surface area contributed by atoms with E-state index in [1.54, 1.807) is 38.2 Å². The van der Waals surface area contributed by atoms with Crippen LogP contribution in [-0.4, -0.2) is 28.2 Å². The van der Waals surface area contributed by atoms with Crippen molar-refractivity contribution in [1.82, 2.24) is 14.9 Å². The molecule has 0 bridgehead atoms. The number of hydrogen-bond donors (Lipinski definition) is 1. The molecule has 1 N–H and O–H groups in total. The smallest absolute Gasteiger partial charge is 0.367 e. The van der Waals surface area contributed by atoms with E-state index >= 15 is 0 Å². The summed E-state index contributed by atoms with van der Waals surface area (Å²) in [6.07, 6.45) is -2.93. The fourth-order valence-electron chi connectivity index (χ4n) is 2.73. The lowest BCUT2D eigenvalue weighted by atomic mass is 10.1. The molecule has 2 heterocycles. The summed E-state index contributed by atoms with van der Waals surface area (Å²) in [4.78, 5) is 29.9. The molecule has 3 rings (SSSR count). The lowest BCUT2D eigenvalue weighted by molar-refractivity contribution is -0.176. The van der Waals surface area contributed by atoms with E-state index in [-0.39, 0.29) is 24.6 Å². The number of rotatable bonds is 6. The first kappa shape index (κ1) is 21.0. The second-order valence-corrected chi connectivity index (χ2v) is 7.50. The van der Waals surface area contributed by atoms with E-state index in [2.05, 4.69) is 15.0 Å². The van der Waals surface area contributed by atoms with Crippen LogP contribution in [0.25, 0.3) is 10.2 Å². The van der Waals surface area contributed by atoms with E-state index in [9.17, 15) is 22.8 Å². The topological polar surface area (TPSA) is 73.2 Å². The zero-order valence-electron chi connectivity index (χ0n) is 15.7. The molecule has 3 aromatic rings. The van der Waals surface area contributed by atoms with Gasteiger partial charge in [-0.1, -0.05) is 24.3 Å². The van der Waals surface area contributed by atoms with Gasteiger partial charge in [-0.25, -0.2) is 4.98 Å². The Bertz CT molecular complexity index is 1090. The normalized spacial score (nSPS) is 11.8. The summed E-state index contributed by atoms with van der Waals surface area (Å²) in [6.45, 7) is 0.514. The van der Waals surface area contributed by atoms with Crippen LogP contribution < -0.4 is 10.9 Å². The lowest BCUT2D eigenvalue weighted by Crippen LogP contribution is -2.23. The molecule has 1 aromatic carbocycles. The van der Waals surface area contributed by atoms with Gasteiger partial charge in [-0.05, 0) is 23.6 Å². The van der Waals surface area contributed by atoms with Gasteiger partial charge in [0.05, 0.1) is 23.2 Å². The summed E-state index contributed by atoms with van der Waals surface area (Å²) in [5.74, 6) is -0.315. The summed E-state index contributed by atoms with van der Waals surface area (Å²) in [5.41, 5.74) is 1.77. The Kier molecular flexibility index (Phi) is 6.04. The fraction of sp³-hybridized carbons (Fsp3) is 0.316. The van der Waals surface area contributed by atoms with Crippen LogP contribution in [0.2, 0.25) is 0 Å². The number of benzene rings is 1. The van der Waals surface area contributed by atoms with E-state index in [0.717, 1.165) is 16.9 Å². The van der Waals surface area contributed by atoms with Gasteiger partial charge < -0.3 is 14.6 Å². The molecule has 0 fully saturated rings. The van der Waals surface area contributed by atoms with E-state index in [0.29, 0.717) is 26.2 Å². The number of amides is 1. The van der Waals surface area contributed by atoms with Gasteiger partial charge in [-0.2, -0.15) is 13.2 Å². The van der Waals surface area contributed by atoms with Gasteiger partial charge in [0.15, 0.2) is 0 Å². The highest BCUT2D eigenvalue weighted by Crippen LogP contribution is 2.26. The van der Waals surface area contributed by atoms with Gasteiger partial charge in [0.25, 0.3) is 11.5 Å². The number of hydrogen-bond acceptors (Lipinski definition) is 5. The Balaban J connectivity index is 1.62. The summed E-state index contributed by atoms with van der Waals surface area (Å²) in [7, 11) is 1.60. The number of alkyl halides is 3. The first-order chi connectivity index (χ1) is 13.7. The Morgan fingerprint density at radius 1 is 1.24 bits per heavy atom. The molecule has 0 atom stereocenters. The van der Waals surface area contributed by atoms with Crippen molar-refractivity contribution in [2.75, 3.05) is 6.61 Å². The van der Waals surface area contributed by atoms with Crippen molar-refractivity contribution in [3.63, 3.8) is 0 Å². The standard InChI is InChI=1S/C19H18F3N3O3S/c1-11-14-17(24-10-25(2)18(14)27)29-15(11)16(26)23-7-12-3-5-13(6-4-12)8-28-9-19(20,21)22/h3-6,10H,7-9H2,1-2H3,(H,23,26). The number of carbonyl (C=O) groups is 1. The largest absolute Gasteiger partial charge is 0.411 e. The second-order valence-electron chi connectivity index (χ2n) is 6.50. The third-order valence-electron chi connectivity index (χ3n) is 4.23. The third-order valence-corrected chi connectivity index (χ3v) is 5.43. The fourth-order valence-corrected chi connectivity index (χ4v) is 3.78. The van der Waals surface area contributed by atoms with Crippen molar-refractivity contribution in [1.29, 1.82) is 0 Å². The number of nitrogens with zero attached hydrogens (tertiary/aromatic N) is 2. The van der Waals surface area contributed by atoms with Crippen molar-refractivity contribution in [2.24, 2.45) is 7.05 Å². The highest BCUT2D eigenvalue weighted by atomic mass is 32.1. The predicted molar refractivity (Wildman–Crippen MR) is 103 cm³/mol. The van der Waals surface area contributed by atoms with E-state index < -0.39 is 12.8 Å². The minimum Gasteiger partial charge on any atom is -0.367 e. The molecule has 0 unspecified atom stereocenters. The molecule has 0 aliphatic carbocycles. The monoisotopic (exact) mass is 425 g/mol. The molecule has 0 aliphatic rings. The maximum Gasteiger partial charge on any atom is 0.411 e. The highest BCUT2D eigenvalue weighted by Gasteiger charge is 2.27. The molecule has 10 heteroatoms. The zero-order chi connectivity index (χ0) is 21.2. The highest BCUT2D eigenvalue weighted by molar-refractivity contribution is 7.20. The maximum absolute atomic E-state index is 12.5. The van der Waals surface area contributed by atoms with Gasteiger partial charge in [0.1, 0.15) is 11.4 Å². The van der Waals surface area contributed by atoms with Crippen molar-refractivity contribution in [3.05, 3.63) is 62.5 Å². The molecule has 154 valence electrons. The summed E-state index contributed by atoms with van der Waals surface area (Å²) >= 11 is 1.16. The van der Waals surface area contributed by atoms with E-state index in [1.165, 1.54) is 10.9 Å². The maximum atomic E-state index is 12.5. The van der Waals surface area contributed by atoms with Crippen molar-refractivity contribution in [2.45, 2.75) is 26.3 Å². The minimum atomic E-state index is -4.35. The van der Waals surface area contributed by atoms with Crippen LogP contribution in [-0.2, 0) is 24.9 Å². The van der Waals surface area contributed by atoms with E-state index in [4.69, 9.17) is 0 Å². The predicted octanol–water partition coefficient (Wildman–Crippen LogP) is 3.31. The lowest BCUT2D eigenvalue weighted by Gasteiger charge is -2.09. The molecule has 0 saturated carbocycles. The Morgan fingerprint density at radius 3 is 2.55 bits per heavy atom. The van der Waals surface area contributed by atoms with Crippen LogP contribution in [0.1, 0.15) is 26.4 Å². The van der Waals surface area contributed by atoms with Crippen molar-refractivity contribution in [3.8, 4) is 0 Å². The number of carbonyl (C=O) groups excluding carboxylic acids is 1. The van der Waals surface area contributed by atoms with Crippen molar-refractivity contribution >= 4 is 27.5 Å². The van der Waals surface area contributed by atoms with Crippen LogP contribution in [0.3, 0.4) is 0 Å². The molecular weight excluding hydrogens is 407 g/mol. The van der Waals surface area contributed by atoms with Crippen LogP contribution in [0.5, 0.6) is 0 Å². The Morgan fingerprint density at radius 2 is 1.90 bits per heavy atom. The second kappa shape index (κ2) is 8.34. The molecule has 0 radical (unpaired) electrons. The third kappa shape index (κ3) is 5.01. The van der Waals surface area contributed by atoms with Gasteiger partial charge >= 0.3 is 6.18 Å². The average Bonchev–Trinajstić information content (AvgIpc) is 3.00. The molecule has 0 saturated heterocycles. The molecule has 0 spiro atoms.